The van der Waals surface area contributed by atoms with Gasteiger partial charge in [0.2, 0.25) is 0 Å². The topological polar surface area (TPSA) is 109 Å². The Hall–Kier alpha value is -2.85. The third-order valence-corrected chi connectivity index (χ3v) is 2.41. The number of nitrogens with two attached hydrogens (primary N) is 1. The molecule has 7 nitrogen and oxygen atoms in total. The summed E-state index contributed by atoms with van der Waals surface area (Å²) in [6.07, 6.45) is 1.38. The Kier molecular flexibility index (Phi) is 3.75. The lowest BCUT2D eigenvalue weighted by molar-refractivity contribution is 0.416. The molecule has 19 heavy (non-hydrogen) atoms. The molecule has 0 aliphatic heterocycles. The molecular weight excluding hydrogens is 244 g/mol. The van der Waals surface area contributed by atoms with Crippen LogP contribution in [0.2, 0.25) is 0 Å². The van der Waals surface area contributed by atoms with Crippen LogP contribution in [0.15, 0.2) is 30.6 Å². The van der Waals surface area contributed by atoms with E-state index in [2.05, 4.69) is 26.8 Å². The van der Waals surface area contributed by atoms with Crippen molar-refractivity contribution in [2.24, 2.45) is 5.84 Å². The van der Waals surface area contributed by atoms with E-state index < -0.39 is 0 Å². The Morgan fingerprint density at radius 2 is 2.05 bits per heavy atom. The third kappa shape index (κ3) is 2.88. The minimum Gasteiger partial charge on any atom is -0.495 e. The lowest BCUT2D eigenvalue weighted by Gasteiger charge is -2.11. The molecule has 96 valence electrons. The van der Waals surface area contributed by atoms with Crippen molar-refractivity contribution >= 4 is 17.3 Å². The second-order valence-electron chi connectivity index (χ2n) is 3.58. The SMILES string of the molecule is COc1cc(C#N)ccc1Nc1cc(NN)ncn1. The number of nitrogen functional groups attached to an aromatic ring is 1. The molecule has 0 unspecified atom stereocenters. The van der Waals surface area contributed by atoms with Crippen molar-refractivity contribution in [1.82, 2.24) is 9.97 Å². The van der Waals surface area contributed by atoms with E-state index in [1.165, 1.54) is 13.4 Å². The standard InChI is InChI=1S/C12H12N6O/c1-19-10-4-8(6-13)2-3-9(10)17-11-5-12(18-14)16-7-15-11/h2-5,7H,14H2,1H3,(H2,15,16,17,18). The normalized spacial score (nSPS) is 9.53. The first kappa shape index (κ1) is 12.6. The van der Waals surface area contributed by atoms with Crippen LogP contribution in [0.3, 0.4) is 0 Å². The van der Waals surface area contributed by atoms with Crippen molar-refractivity contribution in [3.8, 4) is 11.8 Å². The molecule has 0 spiro atoms. The Morgan fingerprint density at radius 1 is 1.26 bits per heavy atom. The van der Waals surface area contributed by atoms with Crippen molar-refractivity contribution in [3.63, 3.8) is 0 Å². The minimum atomic E-state index is 0.491. The maximum atomic E-state index is 8.84. The zero-order valence-corrected chi connectivity index (χ0v) is 10.2. The Balaban J connectivity index is 2.30. The van der Waals surface area contributed by atoms with E-state index in [1.807, 2.05) is 0 Å². The second-order valence-corrected chi connectivity index (χ2v) is 3.58. The average molecular weight is 256 g/mol. The summed E-state index contributed by atoms with van der Waals surface area (Å²) in [5.41, 5.74) is 3.65. The number of nitrogens with one attached hydrogen (secondary N) is 2. The Morgan fingerprint density at radius 3 is 2.74 bits per heavy atom. The first-order chi connectivity index (χ1) is 9.26. The third-order valence-electron chi connectivity index (χ3n) is 2.41. The highest BCUT2D eigenvalue weighted by atomic mass is 16.5. The van der Waals surface area contributed by atoms with Crippen molar-refractivity contribution < 1.29 is 4.74 Å². The summed E-state index contributed by atoms with van der Waals surface area (Å²) in [7, 11) is 1.54. The van der Waals surface area contributed by atoms with Gasteiger partial charge in [-0.05, 0) is 12.1 Å². The van der Waals surface area contributed by atoms with Gasteiger partial charge in [-0.3, -0.25) is 0 Å². The molecule has 0 aliphatic rings. The van der Waals surface area contributed by atoms with Crippen LogP contribution in [0.5, 0.6) is 5.75 Å². The van der Waals surface area contributed by atoms with Crippen LogP contribution in [-0.2, 0) is 0 Å². The number of anilines is 3. The molecule has 0 saturated carbocycles. The maximum Gasteiger partial charge on any atom is 0.145 e. The van der Waals surface area contributed by atoms with Crippen LogP contribution in [-0.4, -0.2) is 17.1 Å². The molecule has 1 heterocycles. The predicted molar refractivity (Wildman–Crippen MR) is 70.8 cm³/mol. The molecule has 0 aliphatic carbocycles. The minimum absolute atomic E-state index is 0.491. The van der Waals surface area contributed by atoms with Gasteiger partial charge in [0, 0.05) is 12.1 Å². The second kappa shape index (κ2) is 5.66. The van der Waals surface area contributed by atoms with E-state index in [1.54, 1.807) is 24.3 Å². The number of aromatic nitrogens is 2. The molecule has 2 rings (SSSR count). The number of methoxy groups -OCH3 is 1. The van der Waals surface area contributed by atoms with E-state index in [9.17, 15) is 0 Å². The number of ether oxygens (including phenoxy) is 1. The summed E-state index contributed by atoms with van der Waals surface area (Å²) in [5, 5.41) is 11.9. The molecule has 0 saturated heterocycles. The molecule has 4 N–H and O–H groups in total. The smallest absolute Gasteiger partial charge is 0.145 e. The Bertz CT molecular complexity index is 622. The highest BCUT2D eigenvalue weighted by Gasteiger charge is 2.06. The van der Waals surface area contributed by atoms with Gasteiger partial charge in [-0.15, -0.1) is 0 Å². The van der Waals surface area contributed by atoms with Crippen molar-refractivity contribution in [1.29, 1.82) is 5.26 Å². The monoisotopic (exact) mass is 256 g/mol. The van der Waals surface area contributed by atoms with Gasteiger partial charge in [-0.2, -0.15) is 5.26 Å². The van der Waals surface area contributed by atoms with E-state index in [4.69, 9.17) is 15.8 Å². The summed E-state index contributed by atoms with van der Waals surface area (Å²) in [4.78, 5) is 7.97. The van der Waals surface area contributed by atoms with Crippen LogP contribution in [0.4, 0.5) is 17.3 Å². The number of hydrazine groups is 1. The fourth-order valence-electron chi connectivity index (χ4n) is 1.51. The highest BCUT2D eigenvalue weighted by Crippen LogP contribution is 2.28. The van der Waals surface area contributed by atoms with Gasteiger partial charge in [0.25, 0.3) is 0 Å². The van der Waals surface area contributed by atoms with Crippen molar-refractivity contribution in [3.05, 3.63) is 36.2 Å². The van der Waals surface area contributed by atoms with Crippen LogP contribution in [0.1, 0.15) is 5.56 Å². The molecule has 0 radical (unpaired) electrons. The van der Waals surface area contributed by atoms with Gasteiger partial charge in [-0.1, -0.05) is 0 Å². The molecule has 7 heteroatoms. The number of nitriles is 1. The Labute approximate surface area is 110 Å². The average Bonchev–Trinajstić information content (AvgIpc) is 2.48. The summed E-state index contributed by atoms with van der Waals surface area (Å²) in [6.45, 7) is 0. The number of rotatable bonds is 4. The molecule has 1 aromatic carbocycles. The van der Waals surface area contributed by atoms with Gasteiger partial charge in [0.15, 0.2) is 0 Å². The zero-order valence-electron chi connectivity index (χ0n) is 10.2. The van der Waals surface area contributed by atoms with Crippen LogP contribution >= 0.6 is 0 Å². The van der Waals surface area contributed by atoms with E-state index in [-0.39, 0.29) is 0 Å². The predicted octanol–water partition coefficient (Wildman–Crippen LogP) is 1.39. The highest BCUT2D eigenvalue weighted by molar-refractivity contribution is 5.66. The summed E-state index contributed by atoms with van der Waals surface area (Å²) in [6, 6.07) is 8.78. The van der Waals surface area contributed by atoms with E-state index in [0.29, 0.717) is 28.6 Å². The largest absolute Gasteiger partial charge is 0.495 e. The van der Waals surface area contributed by atoms with Gasteiger partial charge >= 0.3 is 0 Å². The number of hydrogen-bond donors (Lipinski definition) is 3. The zero-order chi connectivity index (χ0) is 13.7. The van der Waals surface area contributed by atoms with Gasteiger partial charge in [0.05, 0.1) is 24.4 Å². The fourth-order valence-corrected chi connectivity index (χ4v) is 1.51. The van der Waals surface area contributed by atoms with Crippen LogP contribution in [0, 0.1) is 11.3 Å². The fraction of sp³-hybridized carbons (Fsp3) is 0.0833. The maximum absolute atomic E-state index is 8.84. The van der Waals surface area contributed by atoms with E-state index >= 15 is 0 Å². The number of benzene rings is 1. The first-order valence-corrected chi connectivity index (χ1v) is 5.40. The summed E-state index contributed by atoms with van der Waals surface area (Å²) in [5.74, 6) is 6.88. The molecule has 1 aromatic heterocycles. The summed E-state index contributed by atoms with van der Waals surface area (Å²) >= 11 is 0. The first-order valence-electron chi connectivity index (χ1n) is 5.40. The van der Waals surface area contributed by atoms with Gasteiger partial charge in [0.1, 0.15) is 23.7 Å². The van der Waals surface area contributed by atoms with Gasteiger partial charge in [-0.25, -0.2) is 15.8 Å². The molecule has 0 amide bonds. The van der Waals surface area contributed by atoms with Crippen molar-refractivity contribution in [2.45, 2.75) is 0 Å². The molecule has 2 aromatic rings. The van der Waals surface area contributed by atoms with Crippen LogP contribution in [0.25, 0.3) is 0 Å². The molecular formula is C12H12N6O. The van der Waals surface area contributed by atoms with Crippen molar-refractivity contribution in [2.75, 3.05) is 17.9 Å². The van der Waals surface area contributed by atoms with Crippen LogP contribution < -0.4 is 21.3 Å². The van der Waals surface area contributed by atoms with Gasteiger partial charge < -0.3 is 15.5 Å². The lowest BCUT2D eigenvalue weighted by Crippen LogP contribution is -2.09. The lowest BCUT2D eigenvalue weighted by atomic mass is 10.2. The summed E-state index contributed by atoms with van der Waals surface area (Å²) < 4.78 is 5.22. The molecule has 0 atom stereocenters. The van der Waals surface area contributed by atoms with E-state index in [0.717, 1.165) is 0 Å². The number of nitrogens with zero attached hydrogens (tertiary/aromatic N) is 3. The quantitative estimate of drug-likeness (QED) is 0.560. The molecule has 0 bridgehead atoms. The molecule has 0 fully saturated rings. The number of hydrogen-bond acceptors (Lipinski definition) is 7.